The predicted molar refractivity (Wildman–Crippen MR) is 80.2 cm³/mol. The first kappa shape index (κ1) is 16.6. The van der Waals surface area contributed by atoms with Crippen LogP contribution in [0.15, 0.2) is 69.1 Å². The van der Waals surface area contributed by atoms with E-state index in [1.165, 1.54) is 31.3 Å². The van der Waals surface area contributed by atoms with Crippen molar-refractivity contribution in [3.8, 4) is 0 Å². The van der Waals surface area contributed by atoms with Crippen LogP contribution in [-0.4, -0.2) is 29.8 Å². The molecule has 0 atom stereocenters. The van der Waals surface area contributed by atoms with E-state index in [1.807, 2.05) is 0 Å². The summed E-state index contributed by atoms with van der Waals surface area (Å²) in [6.07, 6.45) is 7.11. The Morgan fingerprint density at radius 1 is 1.30 bits per heavy atom. The van der Waals surface area contributed by atoms with E-state index in [1.54, 1.807) is 12.2 Å². The molecule has 0 bridgehead atoms. The minimum Gasteiger partial charge on any atom is -0.478 e. The van der Waals surface area contributed by atoms with E-state index in [0.29, 0.717) is 5.56 Å². The van der Waals surface area contributed by atoms with Crippen molar-refractivity contribution in [1.82, 2.24) is 5.06 Å². The van der Waals surface area contributed by atoms with Crippen LogP contribution in [0.5, 0.6) is 0 Å². The number of hydrogen-bond acceptors (Lipinski definition) is 6. The largest absolute Gasteiger partial charge is 0.478 e. The molecule has 0 saturated carbocycles. The zero-order chi connectivity index (χ0) is 17.0. The number of hydroxylamine groups is 2. The van der Waals surface area contributed by atoms with E-state index in [-0.39, 0.29) is 16.2 Å². The van der Waals surface area contributed by atoms with E-state index < -0.39 is 16.0 Å². The molecule has 8 nitrogen and oxygen atoms in total. The Hall–Kier alpha value is -2.78. The normalized spacial score (nSPS) is 16.4. The maximum absolute atomic E-state index is 12.2. The van der Waals surface area contributed by atoms with E-state index >= 15 is 0 Å². The van der Waals surface area contributed by atoms with Crippen LogP contribution in [0, 0.1) is 6.92 Å². The number of rotatable bonds is 4. The molecule has 0 radical (unpaired) electrons. The summed E-state index contributed by atoms with van der Waals surface area (Å²) < 4.78 is 27.6. The quantitative estimate of drug-likeness (QED) is 0.816. The van der Waals surface area contributed by atoms with Crippen molar-refractivity contribution in [1.29, 1.82) is 0 Å². The van der Waals surface area contributed by atoms with Gasteiger partial charge in [-0.05, 0) is 36.8 Å². The van der Waals surface area contributed by atoms with Crippen molar-refractivity contribution in [3.63, 3.8) is 0 Å². The molecule has 0 fully saturated rings. The molecule has 23 heavy (non-hydrogen) atoms. The monoisotopic (exact) mass is 335 g/mol. The number of benzene rings is 1. The highest BCUT2D eigenvalue weighted by Gasteiger charge is 2.18. The fraction of sp³-hybridized carbons (Fsp3) is 0.0714. The predicted octanol–water partition coefficient (Wildman–Crippen LogP) is 2.45. The zero-order valence-electron chi connectivity index (χ0n) is 12.0. The Balaban J connectivity index is 2.32. The molecule has 1 aromatic carbocycles. The molecule has 1 aliphatic heterocycles. The number of carboxylic acid groups (broad SMARTS) is 1. The maximum atomic E-state index is 12.2. The fourth-order valence-corrected chi connectivity index (χ4v) is 2.76. The summed E-state index contributed by atoms with van der Waals surface area (Å²) in [5, 5.41) is 22.6. The van der Waals surface area contributed by atoms with Gasteiger partial charge in [-0.25, -0.2) is 9.86 Å². The molecule has 1 heterocycles. The molecule has 0 saturated heterocycles. The number of allylic oxidation sites excluding steroid dienone is 3. The van der Waals surface area contributed by atoms with Gasteiger partial charge in [0.1, 0.15) is 0 Å². The second-order valence-corrected chi connectivity index (χ2v) is 6.11. The Bertz CT molecular complexity index is 853. The first-order valence-electron chi connectivity index (χ1n) is 6.35. The van der Waals surface area contributed by atoms with Gasteiger partial charge in [-0.3, -0.25) is 5.21 Å². The minimum absolute atomic E-state index is 0.162. The van der Waals surface area contributed by atoms with Crippen molar-refractivity contribution in [2.75, 3.05) is 0 Å². The van der Waals surface area contributed by atoms with Crippen LogP contribution < -0.4 is 0 Å². The second-order valence-electron chi connectivity index (χ2n) is 4.56. The van der Waals surface area contributed by atoms with Gasteiger partial charge in [-0.2, -0.15) is 8.42 Å². The van der Waals surface area contributed by atoms with E-state index in [0.717, 1.165) is 17.3 Å². The first-order valence-corrected chi connectivity index (χ1v) is 7.79. The van der Waals surface area contributed by atoms with Gasteiger partial charge in [0.15, 0.2) is 0 Å². The van der Waals surface area contributed by atoms with Crippen molar-refractivity contribution < 1.29 is 23.5 Å². The standard InChI is InChI=1S/C14H13N3O5S/c1-10-5-6-11(14(18)19)8-13(10)23(21,22)16-15-9-12-4-2-3-7-17(12)20/h2-9,20H,1H3,(H,18,19). The molecular weight excluding hydrogens is 322 g/mol. The molecule has 1 aromatic rings. The first-order chi connectivity index (χ1) is 10.8. The van der Waals surface area contributed by atoms with Gasteiger partial charge in [0.05, 0.1) is 22.4 Å². The Kier molecular flexibility index (Phi) is 4.72. The highest BCUT2D eigenvalue weighted by Crippen LogP contribution is 2.20. The smallest absolute Gasteiger partial charge is 0.335 e. The van der Waals surface area contributed by atoms with Crippen LogP contribution in [0.2, 0.25) is 0 Å². The lowest BCUT2D eigenvalue weighted by molar-refractivity contribution is -0.000515. The van der Waals surface area contributed by atoms with Gasteiger partial charge in [-0.15, -0.1) is 5.11 Å². The van der Waals surface area contributed by atoms with Crippen LogP contribution in [0.1, 0.15) is 15.9 Å². The maximum Gasteiger partial charge on any atom is 0.335 e. The zero-order valence-corrected chi connectivity index (χ0v) is 12.8. The van der Waals surface area contributed by atoms with Crippen LogP contribution in [0.3, 0.4) is 0 Å². The second kappa shape index (κ2) is 6.55. The van der Waals surface area contributed by atoms with Gasteiger partial charge in [0.25, 0.3) is 10.0 Å². The van der Waals surface area contributed by atoms with Gasteiger partial charge >= 0.3 is 5.97 Å². The lowest BCUT2D eigenvalue weighted by atomic mass is 10.1. The number of aromatic carboxylic acids is 1. The average Bonchev–Trinajstić information content (AvgIpc) is 2.49. The molecule has 0 spiro atoms. The number of carboxylic acids is 1. The topological polar surface area (TPSA) is 120 Å². The third kappa shape index (κ3) is 3.90. The highest BCUT2D eigenvalue weighted by atomic mass is 32.2. The molecule has 0 aliphatic carbocycles. The molecule has 0 amide bonds. The number of hydrogen-bond donors (Lipinski definition) is 2. The van der Waals surface area contributed by atoms with E-state index in [9.17, 15) is 18.4 Å². The van der Waals surface area contributed by atoms with Crippen LogP contribution in [0.25, 0.3) is 0 Å². The number of carbonyl (C=O) groups is 1. The van der Waals surface area contributed by atoms with Gasteiger partial charge in [0.2, 0.25) is 0 Å². The van der Waals surface area contributed by atoms with Crippen LogP contribution in [-0.2, 0) is 10.0 Å². The van der Waals surface area contributed by atoms with Crippen LogP contribution >= 0.6 is 0 Å². The summed E-state index contributed by atoms with van der Waals surface area (Å²) >= 11 is 0. The Morgan fingerprint density at radius 2 is 2.04 bits per heavy atom. The van der Waals surface area contributed by atoms with Crippen molar-refractivity contribution >= 4 is 16.0 Å². The third-order valence-corrected chi connectivity index (χ3v) is 4.23. The number of aryl methyl sites for hydroxylation is 1. The molecule has 2 N–H and O–H groups in total. The SMILES string of the molecule is Cc1ccc(C(=O)O)cc1S(=O)(=O)N=NC=C1C=CC=CN1O. The summed E-state index contributed by atoms with van der Waals surface area (Å²) in [5.41, 5.74) is 0.415. The van der Waals surface area contributed by atoms with Gasteiger partial charge in [-0.1, -0.05) is 16.7 Å². The number of sulfonamides is 1. The summed E-state index contributed by atoms with van der Waals surface area (Å²) in [6, 6.07) is 3.72. The molecule has 0 unspecified atom stereocenters. The number of nitrogens with zero attached hydrogens (tertiary/aromatic N) is 3. The molecule has 1 aliphatic rings. The molecule has 120 valence electrons. The van der Waals surface area contributed by atoms with Gasteiger partial charge in [0, 0.05) is 6.20 Å². The summed E-state index contributed by atoms with van der Waals surface area (Å²) in [4.78, 5) is 10.7. The summed E-state index contributed by atoms with van der Waals surface area (Å²) in [7, 11) is -4.16. The van der Waals surface area contributed by atoms with E-state index in [4.69, 9.17) is 5.11 Å². The molecular formula is C14H13N3O5S. The molecule has 0 aromatic heterocycles. The Morgan fingerprint density at radius 3 is 2.70 bits per heavy atom. The van der Waals surface area contributed by atoms with Crippen molar-refractivity contribution in [2.24, 2.45) is 9.63 Å². The van der Waals surface area contributed by atoms with E-state index in [2.05, 4.69) is 9.63 Å². The van der Waals surface area contributed by atoms with Crippen LogP contribution in [0.4, 0.5) is 0 Å². The third-order valence-electron chi connectivity index (χ3n) is 2.93. The Labute approximate surface area is 132 Å². The summed E-state index contributed by atoms with van der Waals surface area (Å²) in [6.45, 7) is 1.52. The van der Waals surface area contributed by atoms with Crippen molar-refractivity contribution in [2.45, 2.75) is 11.8 Å². The average molecular weight is 335 g/mol. The van der Waals surface area contributed by atoms with Gasteiger partial charge < -0.3 is 5.11 Å². The highest BCUT2D eigenvalue weighted by molar-refractivity contribution is 7.90. The molecule has 2 rings (SSSR count). The molecule has 9 heteroatoms. The summed E-state index contributed by atoms with van der Waals surface area (Å²) in [5.74, 6) is -1.24. The lowest BCUT2D eigenvalue weighted by Crippen LogP contribution is -2.10. The lowest BCUT2D eigenvalue weighted by Gasteiger charge is -2.13. The fourth-order valence-electron chi connectivity index (χ4n) is 1.75. The van der Waals surface area contributed by atoms with Crippen molar-refractivity contribution in [3.05, 3.63) is 65.7 Å². The minimum atomic E-state index is -4.16.